The molecule has 4 nitrogen and oxygen atoms in total. The minimum atomic E-state index is -0.748. The van der Waals surface area contributed by atoms with Gasteiger partial charge in [-0.1, -0.05) is 43.7 Å². The summed E-state index contributed by atoms with van der Waals surface area (Å²) in [6.45, 7) is 2.01. The number of benzene rings is 1. The second kappa shape index (κ2) is 6.93. The third-order valence-electron chi connectivity index (χ3n) is 3.17. The summed E-state index contributed by atoms with van der Waals surface area (Å²) in [5.74, 6) is 0.404. The number of amides is 1. The van der Waals surface area contributed by atoms with Crippen LogP contribution in [0.15, 0.2) is 30.3 Å². The van der Waals surface area contributed by atoms with Gasteiger partial charge in [0.1, 0.15) is 11.7 Å². The van der Waals surface area contributed by atoms with Gasteiger partial charge in [0.15, 0.2) is 0 Å². The summed E-state index contributed by atoms with van der Waals surface area (Å²) in [5, 5.41) is 15.9. The Labute approximate surface area is 118 Å². The van der Waals surface area contributed by atoms with Crippen LogP contribution in [0.4, 0.5) is 0 Å². The van der Waals surface area contributed by atoms with Gasteiger partial charge in [0.25, 0.3) is 0 Å². The lowest BCUT2D eigenvalue weighted by Gasteiger charge is -2.34. The number of carbonyl (C=O) groups is 1. The van der Waals surface area contributed by atoms with Gasteiger partial charge in [-0.05, 0) is 12.0 Å². The standard InChI is InChI=1S/C14H20N2O2S/c1-2-6-11-12(17)15-14(16-13(11)18)19-9-10-7-4-3-5-8-10/h3-5,7-8,11-12,14-15,17H,2,6,9H2,1H3,(H,16,18). The van der Waals surface area contributed by atoms with E-state index < -0.39 is 6.23 Å². The van der Waals surface area contributed by atoms with Crippen LogP contribution in [-0.2, 0) is 10.5 Å². The highest BCUT2D eigenvalue weighted by atomic mass is 32.2. The fraction of sp³-hybridized carbons (Fsp3) is 0.500. The van der Waals surface area contributed by atoms with Crippen molar-refractivity contribution in [1.29, 1.82) is 0 Å². The van der Waals surface area contributed by atoms with Crippen molar-refractivity contribution in [3.8, 4) is 0 Å². The minimum Gasteiger partial charge on any atom is -0.378 e. The average Bonchev–Trinajstić information content (AvgIpc) is 2.42. The highest BCUT2D eigenvalue weighted by Gasteiger charge is 2.34. The molecule has 5 heteroatoms. The van der Waals surface area contributed by atoms with Crippen LogP contribution in [0.3, 0.4) is 0 Å². The van der Waals surface area contributed by atoms with Crippen LogP contribution >= 0.6 is 11.8 Å². The Balaban J connectivity index is 1.85. The predicted molar refractivity (Wildman–Crippen MR) is 77.2 cm³/mol. The van der Waals surface area contributed by atoms with Crippen LogP contribution in [0.5, 0.6) is 0 Å². The van der Waals surface area contributed by atoms with Gasteiger partial charge in [0.05, 0.1) is 5.92 Å². The Kier molecular flexibility index (Phi) is 5.24. The van der Waals surface area contributed by atoms with Gasteiger partial charge < -0.3 is 10.4 Å². The van der Waals surface area contributed by atoms with Gasteiger partial charge in [-0.3, -0.25) is 10.1 Å². The van der Waals surface area contributed by atoms with Crippen molar-refractivity contribution in [2.24, 2.45) is 5.92 Å². The zero-order valence-corrected chi connectivity index (χ0v) is 11.8. The fourth-order valence-electron chi connectivity index (χ4n) is 2.14. The topological polar surface area (TPSA) is 61.4 Å². The molecule has 3 unspecified atom stereocenters. The van der Waals surface area contributed by atoms with Crippen molar-refractivity contribution in [2.75, 3.05) is 0 Å². The second-order valence-corrected chi connectivity index (χ2v) is 5.79. The van der Waals surface area contributed by atoms with E-state index in [1.807, 2.05) is 37.3 Å². The lowest BCUT2D eigenvalue weighted by molar-refractivity contribution is -0.134. The highest BCUT2D eigenvalue weighted by Crippen LogP contribution is 2.21. The van der Waals surface area contributed by atoms with Crippen LogP contribution in [0.1, 0.15) is 25.3 Å². The number of aliphatic hydroxyl groups is 1. The first-order valence-electron chi connectivity index (χ1n) is 6.60. The van der Waals surface area contributed by atoms with Gasteiger partial charge in [-0.2, -0.15) is 0 Å². The first-order valence-corrected chi connectivity index (χ1v) is 7.65. The van der Waals surface area contributed by atoms with E-state index in [1.54, 1.807) is 11.8 Å². The normalized spacial score (nSPS) is 27.1. The van der Waals surface area contributed by atoms with E-state index in [1.165, 1.54) is 5.56 Å². The second-order valence-electron chi connectivity index (χ2n) is 4.69. The largest absolute Gasteiger partial charge is 0.378 e. The third-order valence-corrected chi connectivity index (χ3v) is 4.26. The summed E-state index contributed by atoms with van der Waals surface area (Å²) in [4.78, 5) is 11.9. The molecular weight excluding hydrogens is 260 g/mol. The molecule has 0 aromatic heterocycles. The maximum Gasteiger partial charge on any atom is 0.228 e. The van der Waals surface area contributed by atoms with Gasteiger partial charge in [0, 0.05) is 5.75 Å². The van der Waals surface area contributed by atoms with Crippen molar-refractivity contribution in [1.82, 2.24) is 10.6 Å². The molecule has 0 radical (unpaired) electrons. The fourth-order valence-corrected chi connectivity index (χ4v) is 3.12. The molecule has 0 aliphatic carbocycles. The van der Waals surface area contributed by atoms with Gasteiger partial charge >= 0.3 is 0 Å². The summed E-state index contributed by atoms with van der Waals surface area (Å²) >= 11 is 1.58. The third kappa shape index (κ3) is 3.96. The van der Waals surface area contributed by atoms with Crippen LogP contribution in [0, 0.1) is 5.92 Å². The van der Waals surface area contributed by atoms with Gasteiger partial charge in [-0.15, -0.1) is 11.8 Å². The zero-order chi connectivity index (χ0) is 13.7. The number of rotatable bonds is 5. The summed E-state index contributed by atoms with van der Waals surface area (Å²) in [5.41, 5.74) is 0.976. The highest BCUT2D eigenvalue weighted by molar-refractivity contribution is 7.99. The average molecular weight is 280 g/mol. The van der Waals surface area contributed by atoms with E-state index in [9.17, 15) is 9.90 Å². The Bertz CT molecular complexity index is 413. The number of hydrogen-bond acceptors (Lipinski definition) is 4. The van der Waals surface area contributed by atoms with Gasteiger partial charge in [0.2, 0.25) is 5.91 Å². The lowest BCUT2D eigenvalue weighted by atomic mass is 9.99. The Hall–Kier alpha value is -1.04. The van der Waals surface area contributed by atoms with Crippen LogP contribution in [0.2, 0.25) is 0 Å². The monoisotopic (exact) mass is 280 g/mol. The van der Waals surface area contributed by atoms with E-state index in [-0.39, 0.29) is 17.3 Å². The van der Waals surface area contributed by atoms with E-state index in [0.29, 0.717) is 6.42 Å². The van der Waals surface area contributed by atoms with Crippen LogP contribution < -0.4 is 10.6 Å². The Morgan fingerprint density at radius 3 is 2.68 bits per heavy atom. The summed E-state index contributed by atoms with van der Waals surface area (Å²) in [6.07, 6.45) is 0.844. The molecule has 1 heterocycles. The molecule has 1 aliphatic heterocycles. The number of carbonyl (C=O) groups excluding carboxylic acids is 1. The number of thioether (sulfide) groups is 1. The van der Waals surface area contributed by atoms with Crippen molar-refractivity contribution >= 4 is 17.7 Å². The van der Waals surface area contributed by atoms with Crippen molar-refractivity contribution in [3.63, 3.8) is 0 Å². The molecule has 0 spiro atoms. The molecule has 1 aromatic rings. The molecule has 104 valence electrons. The predicted octanol–water partition coefficient (Wildman–Crippen LogP) is 1.66. The molecule has 0 saturated carbocycles. The lowest BCUT2D eigenvalue weighted by Crippen LogP contribution is -2.60. The molecule has 0 bridgehead atoms. The van der Waals surface area contributed by atoms with E-state index in [2.05, 4.69) is 10.6 Å². The van der Waals surface area contributed by atoms with Gasteiger partial charge in [-0.25, -0.2) is 0 Å². The number of aliphatic hydroxyl groups excluding tert-OH is 1. The SMILES string of the molecule is CCCC1C(=O)NC(SCc2ccccc2)NC1O. The first-order chi connectivity index (χ1) is 9.20. The summed E-state index contributed by atoms with van der Waals surface area (Å²) in [7, 11) is 0. The molecule has 1 aliphatic rings. The summed E-state index contributed by atoms with van der Waals surface area (Å²) in [6, 6.07) is 10.1. The van der Waals surface area contributed by atoms with E-state index >= 15 is 0 Å². The Morgan fingerprint density at radius 2 is 2.05 bits per heavy atom. The molecule has 3 atom stereocenters. The molecule has 1 fully saturated rings. The van der Waals surface area contributed by atoms with Crippen LogP contribution in [0.25, 0.3) is 0 Å². The smallest absolute Gasteiger partial charge is 0.228 e. The van der Waals surface area contributed by atoms with Crippen molar-refractivity contribution in [2.45, 2.75) is 37.2 Å². The maximum absolute atomic E-state index is 11.9. The minimum absolute atomic E-state index is 0.0568. The van der Waals surface area contributed by atoms with E-state index in [4.69, 9.17) is 0 Å². The molecule has 19 heavy (non-hydrogen) atoms. The van der Waals surface area contributed by atoms with Crippen molar-refractivity contribution < 1.29 is 9.90 Å². The Morgan fingerprint density at radius 1 is 1.32 bits per heavy atom. The first kappa shape index (κ1) is 14.4. The molecule has 1 saturated heterocycles. The quantitative estimate of drug-likeness (QED) is 0.767. The zero-order valence-electron chi connectivity index (χ0n) is 11.0. The maximum atomic E-state index is 11.9. The van der Waals surface area contributed by atoms with E-state index in [0.717, 1.165) is 12.2 Å². The molecular formula is C14H20N2O2S. The summed E-state index contributed by atoms with van der Waals surface area (Å²) < 4.78 is 0. The molecule has 3 N–H and O–H groups in total. The van der Waals surface area contributed by atoms with Crippen molar-refractivity contribution in [3.05, 3.63) is 35.9 Å². The van der Waals surface area contributed by atoms with Crippen LogP contribution in [-0.4, -0.2) is 22.7 Å². The molecule has 1 amide bonds. The number of nitrogens with one attached hydrogen (secondary N) is 2. The molecule has 2 rings (SSSR count). The molecule has 1 aromatic carbocycles. The number of hydrogen-bond donors (Lipinski definition) is 3.